The molecular weight excluding hydrogens is 554 g/mol. The van der Waals surface area contributed by atoms with Gasteiger partial charge < -0.3 is 29.4 Å². The number of hydrogen-bond donors (Lipinski definition) is 2. The molecule has 43 heavy (non-hydrogen) atoms. The molecule has 0 bridgehead atoms. The van der Waals surface area contributed by atoms with Crippen LogP contribution in [0.5, 0.6) is 23.0 Å². The lowest BCUT2D eigenvalue weighted by atomic mass is 10.0. The molecule has 12 nitrogen and oxygen atoms in total. The Hall–Kier alpha value is -4.84. The highest BCUT2D eigenvalue weighted by molar-refractivity contribution is 6.02. The van der Waals surface area contributed by atoms with Crippen molar-refractivity contribution in [3.63, 3.8) is 0 Å². The lowest BCUT2D eigenvalue weighted by Gasteiger charge is -2.32. The number of nitrogens with one attached hydrogen (secondary N) is 1. The number of aromatic hydroxyl groups is 1. The summed E-state index contributed by atoms with van der Waals surface area (Å²) in [7, 11) is 3.01. The van der Waals surface area contributed by atoms with Gasteiger partial charge in [-0.05, 0) is 61.7 Å². The van der Waals surface area contributed by atoms with Crippen molar-refractivity contribution in [1.29, 1.82) is 0 Å². The first kappa shape index (κ1) is 29.6. The topological polar surface area (TPSA) is 137 Å². The molecule has 0 unspecified atom stereocenters. The second kappa shape index (κ2) is 13.4. The maximum absolute atomic E-state index is 14.3. The van der Waals surface area contributed by atoms with Crippen LogP contribution in [0.2, 0.25) is 0 Å². The first-order valence-electron chi connectivity index (χ1n) is 14.1. The van der Waals surface area contributed by atoms with E-state index in [1.807, 2.05) is 24.3 Å². The van der Waals surface area contributed by atoms with Gasteiger partial charge in [0, 0.05) is 24.9 Å². The number of amides is 2. The van der Waals surface area contributed by atoms with E-state index in [4.69, 9.17) is 18.9 Å². The average Bonchev–Trinajstić information content (AvgIpc) is 3.70. The maximum Gasteiger partial charge on any atom is 0.249 e. The maximum atomic E-state index is 14.3. The molecule has 0 saturated carbocycles. The molecule has 226 valence electrons. The van der Waals surface area contributed by atoms with Gasteiger partial charge in [0.15, 0.2) is 23.0 Å². The van der Waals surface area contributed by atoms with E-state index in [2.05, 4.69) is 15.6 Å². The quantitative estimate of drug-likeness (QED) is 0.254. The molecule has 1 aliphatic heterocycles. The van der Waals surface area contributed by atoms with Crippen molar-refractivity contribution in [3.8, 4) is 23.0 Å². The van der Waals surface area contributed by atoms with Crippen molar-refractivity contribution in [2.45, 2.75) is 38.5 Å². The number of hydrogen-bond acceptors (Lipinski definition) is 9. The van der Waals surface area contributed by atoms with Gasteiger partial charge in [-0.15, -0.1) is 5.10 Å². The van der Waals surface area contributed by atoms with E-state index < -0.39 is 17.9 Å². The summed E-state index contributed by atoms with van der Waals surface area (Å²) in [5, 5.41) is 21.8. The molecule has 4 aromatic rings. The SMILES string of the molecule is CCOc1cc([C@@H](C(=O)NC[C@H]2CCCO2)N(C(=O)Cn2nnc3ccccc32)c2ccc(OC)c(OC)c2)ccc1O. The Morgan fingerprint density at radius 2 is 1.91 bits per heavy atom. The van der Waals surface area contributed by atoms with Gasteiger partial charge in [0.2, 0.25) is 11.8 Å². The molecule has 0 spiro atoms. The molecule has 12 heteroatoms. The number of benzene rings is 3. The van der Waals surface area contributed by atoms with Gasteiger partial charge in [-0.25, -0.2) is 4.68 Å². The number of carbonyl (C=O) groups excluding carboxylic acids is 2. The highest BCUT2D eigenvalue weighted by Crippen LogP contribution is 2.38. The number of methoxy groups -OCH3 is 2. The number of fused-ring (bicyclic) bond motifs is 1. The lowest BCUT2D eigenvalue weighted by Crippen LogP contribution is -2.46. The summed E-state index contributed by atoms with van der Waals surface area (Å²) in [5.41, 5.74) is 2.12. The second-order valence-corrected chi connectivity index (χ2v) is 9.98. The summed E-state index contributed by atoms with van der Waals surface area (Å²) >= 11 is 0. The number of ether oxygens (including phenoxy) is 4. The Balaban J connectivity index is 1.61. The summed E-state index contributed by atoms with van der Waals surface area (Å²) in [6, 6.07) is 15.8. The molecule has 2 N–H and O–H groups in total. The molecule has 5 rings (SSSR count). The number of anilines is 1. The van der Waals surface area contributed by atoms with Crippen molar-refractivity contribution >= 4 is 28.5 Å². The number of aromatic nitrogens is 3. The molecule has 1 aliphatic rings. The van der Waals surface area contributed by atoms with Gasteiger partial charge in [-0.1, -0.05) is 23.4 Å². The van der Waals surface area contributed by atoms with Crippen LogP contribution < -0.4 is 24.4 Å². The van der Waals surface area contributed by atoms with E-state index >= 15 is 0 Å². The van der Waals surface area contributed by atoms with Gasteiger partial charge in [-0.3, -0.25) is 14.5 Å². The molecule has 1 fully saturated rings. The molecule has 3 aromatic carbocycles. The lowest BCUT2D eigenvalue weighted by molar-refractivity contribution is -0.127. The Morgan fingerprint density at radius 1 is 1.09 bits per heavy atom. The molecule has 0 radical (unpaired) electrons. The smallest absolute Gasteiger partial charge is 0.249 e. The van der Waals surface area contributed by atoms with E-state index in [0.29, 0.717) is 47.0 Å². The normalized spacial score (nSPS) is 15.2. The second-order valence-electron chi connectivity index (χ2n) is 9.98. The molecular formula is C31H35N5O7. The van der Waals surface area contributed by atoms with Crippen LogP contribution in [0.3, 0.4) is 0 Å². The Morgan fingerprint density at radius 3 is 2.65 bits per heavy atom. The standard InChI is InChI=1S/C31H35N5O7/c1-4-42-27-16-20(11-13-25(27)37)30(31(39)32-18-22-8-7-15-43-22)36(21-12-14-26(40-2)28(17-21)41-3)29(38)19-35-24-10-6-5-9-23(24)33-34-35/h5-6,9-14,16-17,22,30,37H,4,7-8,15,18-19H2,1-3H3,(H,32,39)/t22-,30+/m1/s1. The number of para-hydroxylation sites is 1. The summed E-state index contributed by atoms with van der Waals surface area (Å²) in [4.78, 5) is 29.9. The first-order chi connectivity index (χ1) is 20.9. The molecule has 0 aliphatic carbocycles. The van der Waals surface area contributed by atoms with Crippen molar-refractivity contribution in [3.05, 3.63) is 66.2 Å². The van der Waals surface area contributed by atoms with Crippen molar-refractivity contribution in [2.75, 3.05) is 38.9 Å². The Kier molecular flexibility index (Phi) is 9.26. The van der Waals surface area contributed by atoms with Crippen LogP contribution in [-0.4, -0.2) is 72.0 Å². The zero-order valence-electron chi connectivity index (χ0n) is 24.4. The number of carbonyl (C=O) groups is 2. The van der Waals surface area contributed by atoms with Gasteiger partial charge in [-0.2, -0.15) is 0 Å². The zero-order chi connectivity index (χ0) is 30.3. The minimum absolute atomic E-state index is 0.0813. The minimum atomic E-state index is -1.17. The zero-order valence-corrected chi connectivity index (χ0v) is 24.4. The third-order valence-electron chi connectivity index (χ3n) is 7.25. The highest BCUT2D eigenvalue weighted by Gasteiger charge is 2.35. The van der Waals surface area contributed by atoms with E-state index in [-0.39, 0.29) is 30.7 Å². The van der Waals surface area contributed by atoms with Gasteiger partial charge in [0.25, 0.3) is 0 Å². The van der Waals surface area contributed by atoms with Crippen LogP contribution in [-0.2, 0) is 20.9 Å². The summed E-state index contributed by atoms with van der Waals surface area (Å²) < 4.78 is 23.8. The Labute approximate surface area is 249 Å². The number of rotatable bonds is 12. The van der Waals surface area contributed by atoms with Crippen LogP contribution in [0.4, 0.5) is 5.69 Å². The molecule has 2 atom stereocenters. The minimum Gasteiger partial charge on any atom is -0.504 e. The molecule has 1 saturated heterocycles. The molecule has 2 amide bonds. The monoisotopic (exact) mass is 589 g/mol. The van der Waals surface area contributed by atoms with Gasteiger partial charge >= 0.3 is 0 Å². The Bertz CT molecular complexity index is 1580. The third-order valence-corrected chi connectivity index (χ3v) is 7.25. The fourth-order valence-corrected chi connectivity index (χ4v) is 5.16. The number of nitrogens with zero attached hydrogens (tertiary/aromatic N) is 4. The van der Waals surface area contributed by atoms with E-state index in [0.717, 1.165) is 12.8 Å². The van der Waals surface area contributed by atoms with E-state index in [1.165, 1.54) is 29.9 Å². The van der Waals surface area contributed by atoms with Crippen LogP contribution in [0.1, 0.15) is 31.4 Å². The number of phenolic OH excluding ortho intramolecular Hbond substituents is 1. The largest absolute Gasteiger partial charge is 0.504 e. The first-order valence-corrected chi connectivity index (χ1v) is 14.1. The average molecular weight is 590 g/mol. The van der Waals surface area contributed by atoms with Gasteiger partial charge in [0.05, 0.1) is 32.4 Å². The summed E-state index contributed by atoms with van der Waals surface area (Å²) in [5.74, 6) is 0.0781. The van der Waals surface area contributed by atoms with Crippen LogP contribution in [0.15, 0.2) is 60.7 Å². The van der Waals surface area contributed by atoms with Crippen molar-refractivity contribution in [1.82, 2.24) is 20.3 Å². The summed E-state index contributed by atoms with van der Waals surface area (Å²) in [6.07, 6.45) is 1.63. The highest BCUT2D eigenvalue weighted by atomic mass is 16.5. The number of phenols is 1. The predicted molar refractivity (Wildman–Crippen MR) is 159 cm³/mol. The van der Waals surface area contributed by atoms with E-state index in [9.17, 15) is 14.7 Å². The summed E-state index contributed by atoms with van der Waals surface area (Å²) in [6.45, 7) is 2.81. The molecule has 1 aromatic heterocycles. The fraction of sp³-hybridized carbons (Fsp3) is 0.355. The predicted octanol–water partition coefficient (Wildman–Crippen LogP) is 3.62. The van der Waals surface area contributed by atoms with Gasteiger partial charge in [0.1, 0.15) is 18.1 Å². The molecule has 2 heterocycles. The van der Waals surface area contributed by atoms with Crippen LogP contribution in [0.25, 0.3) is 11.0 Å². The third kappa shape index (κ3) is 6.49. The fourth-order valence-electron chi connectivity index (χ4n) is 5.16. The van der Waals surface area contributed by atoms with Crippen molar-refractivity contribution < 1.29 is 33.6 Å². The van der Waals surface area contributed by atoms with Crippen LogP contribution >= 0.6 is 0 Å². The van der Waals surface area contributed by atoms with Crippen molar-refractivity contribution in [2.24, 2.45) is 0 Å². The van der Waals surface area contributed by atoms with E-state index in [1.54, 1.807) is 37.3 Å². The van der Waals surface area contributed by atoms with Crippen LogP contribution in [0, 0.1) is 0 Å².